The van der Waals surface area contributed by atoms with Crippen LogP contribution in [0.1, 0.15) is 47.5 Å². The molecular formula is C17H24O3. The molecule has 4 atom stereocenters. The highest BCUT2D eigenvalue weighted by atomic mass is 16.5. The van der Waals surface area contributed by atoms with E-state index < -0.39 is 0 Å². The Labute approximate surface area is 121 Å². The zero-order valence-corrected chi connectivity index (χ0v) is 13.0. The van der Waals surface area contributed by atoms with Crippen molar-refractivity contribution in [2.75, 3.05) is 0 Å². The highest BCUT2D eigenvalue weighted by Crippen LogP contribution is 2.46. The topological polar surface area (TPSA) is 43.4 Å². The van der Waals surface area contributed by atoms with Gasteiger partial charge in [0.25, 0.3) is 0 Å². The average molecular weight is 276 g/mol. The fourth-order valence-electron chi connectivity index (χ4n) is 3.84. The van der Waals surface area contributed by atoms with E-state index in [-0.39, 0.29) is 35.6 Å². The Bertz CT molecular complexity index is 494. The lowest BCUT2D eigenvalue weighted by molar-refractivity contribution is -0.152. The van der Waals surface area contributed by atoms with Crippen molar-refractivity contribution in [1.29, 1.82) is 0 Å². The summed E-state index contributed by atoms with van der Waals surface area (Å²) in [6, 6.07) is 0. The number of esters is 1. The average Bonchev–Trinajstić information content (AvgIpc) is 2.25. The molecule has 1 fully saturated rings. The molecule has 0 N–H and O–H groups in total. The number of ether oxygens (including phenoxy) is 1. The number of allylic oxidation sites excluding steroid dienone is 3. The standard InChI is InChI=1S/C17H24O3/c1-9(2)16-13-6-10(3)7-15(20-12(5)18)17(13)11(4)8-14(16)19/h6,11,13,15,17H,7-8H2,1-5H3/t11-,13-,15-,17+/m0/s1. The second-order valence-corrected chi connectivity index (χ2v) is 6.49. The molecule has 3 nitrogen and oxygen atoms in total. The van der Waals surface area contributed by atoms with Crippen LogP contribution in [0.2, 0.25) is 0 Å². The number of carbonyl (C=O) groups is 2. The van der Waals surface area contributed by atoms with E-state index in [1.54, 1.807) is 0 Å². The van der Waals surface area contributed by atoms with Gasteiger partial charge in [0.05, 0.1) is 0 Å². The summed E-state index contributed by atoms with van der Waals surface area (Å²) >= 11 is 0. The van der Waals surface area contributed by atoms with Crippen LogP contribution in [0.4, 0.5) is 0 Å². The Balaban J connectivity index is 2.44. The number of hydrogen-bond acceptors (Lipinski definition) is 3. The number of ketones is 1. The third-order valence-electron chi connectivity index (χ3n) is 4.49. The molecule has 0 aromatic rings. The molecule has 2 aliphatic rings. The maximum Gasteiger partial charge on any atom is 0.302 e. The number of hydrogen-bond donors (Lipinski definition) is 0. The van der Waals surface area contributed by atoms with Crippen molar-refractivity contribution < 1.29 is 14.3 Å². The van der Waals surface area contributed by atoms with E-state index in [4.69, 9.17) is 4.74 Å². The smallest absolute Gasteiger partial charge is 0.302 e. The van der Waals surface area contributed by atoms with E-state index in [0.717, 1.165) is 17.6 Å². The van der Waals surface area contributed by atoms with E-state index in [1.807, 2.05) is 13.8 Å². The molecular weight excluding hydrogens is 252 g/mol. The SMILES string of the molecule is CC(=O)O[C@H]1CC(C)=C[C@H]2C(=C(C)C)C(=O)C[C@H](C)[C@@H]12. The van der Waals surface area contributed by atoms with E-state index >= 15 is 0 Å². The van der Waals surface area contributed by atoms with Gasteiger partial charge >= 0.3 is 5.97 Å². The van der Waals surface area contributed by atoms with Crippen LogP contribution in [-0.4, -0.2) is 17.9 Å². The molecule has 0 heterocycles. The Kier molecular flexibility index (Phi) is 4.17. The first-order chi connectivity index (χ1) is 9.31. The van der Waals surface area contributed by atoms with Gasteiger partial charge in [-0.25, -0.2) is 0 Å². The van der Waals surface area contributed by atoms with E-state index in [9.17, 15) is 9.59 Å². The Morgan fingerprint density at radius 1 is 1.25 bits per heavy atom. The van der Waals surface area contributed by atoms with Gasteiger partial charge in [-0.05, 0) is 26.7 Å². The van der Waals surface area contributed by atoms with Crippen LogP contribution in [0, 0.1) is 17.8 Å². The van der Waals surface area contributed by atoms with Crippen molar-refractivity contribution in [2.45, 2.75) is 53.6 Å². The van der Waals surface area contributed by atoms with Crippen molar-refractivity contribution in [3.63, 3.8) is 0 Å². The van der Waals surface area contributed by atoms with Gasteiger partial charge in [-0.1, -0.05) is 24.1 Å². The maximum absolute atomic E-state index is 12.3. The highest BCUT2D eigenvalue weighted by molar-refractivity contribution is 5.98. The summed E-state index contributed by atoms with van der Waals surface area (Å²) in [5, 5.41) is 0. The van der Waals surface area contributed by atoms with Crippen molar-refractivity contribution in [1.82, 2.24) is 0 Å². The minimum absolute atomic E-state index is 0.0973. The molecule has 0 aliphatic heterocycles. The second-order valence-electron chi connectivity index (χ2n) is 6.49. The zero-order chi connectivity index (χ0) is 15.0. The van der Waals surface area contributed by atoms with Gasteiger partial charge in [-0.15, -0.1) is 0 Å². The monoisotopic (exact) mass is 276 g/mol. The van der Waals surface area contributed by atoms with Crippen LogP contribution in [0.25, 0.3) is 0 Å². The van der Waals surface area contributed by atoms with Crippen molar-refractivity contribution in [3.8, 4) is 0 Å². The first kappa shape index (κ1) is 15.0. The third kappa shape index (κ3) is 2.72. The molecule has 0 unspecified atom stereocenters. The molecule has 2 rings (SSSR count). The predicted octanol–water partition coefficient (Wildman–Crippen LogP) is 3.45. The fourth-order valence-corrected chi connectivity index (χ4v) is 3.84. The van der Waals surface area contributed by atoms with Gasteiger partial charge in [0, 0.05) is 37.2 Å². The Morgan fingerprint density at radius 2 is 1.90 bits per heavy atom. The summed E-state index contributed by atoms with van der Waals surface area (Å²) in [6.45, 7) is 9.61. The van der Waals surface area contributed by atoms with Crippen molar-refractivity contribution >= 4 is 11.8 Å². The zero-order valence-electron chi connectivity index (χ0n) is 13.0. The Morgan fingerprint density at radius 3 is 2.45 bits per heavy atom. The predicted molar refractivity (Wildman–Crippen MR) is 78.1 cm³/mol. The number of carbonyl (C=O) groups excluding carboxylic acids is 2. The number of rotatable bonds is 1. The normalized spacial score (nSPS) is 33.4. The lowest BCUT2D eigenvalue weighted by atomic mass is 9.62. The summed E-state index contributed by atoms with van der Waals surface area (Å²) in [4.78, 5) is 23.7. The van der Waals surface area contributed by atoms with Crippen LogP contribution >= 0.6 is 0 Å². The molecule has 3 heteroatoms. The Hall–Kier alpha value is -1.38. The highest BCUT2D eigenvalue weighted by Gasteiger charge is 2.45. The number of fused-ring (bicyclic) bond motifs is 1. The molecule has 0 aromatic carbocycles. The first-order valence-corrected chi connectivity index (χ1v) is 7.36. The van der Waals surface area contributed by atoms with Gasteiger partial charge in [0.15, 0.2) is 5.78 Å². The van der Waals surface area contributed by atoms with E-state index in [0.29, 0.717) is 6.42 Å². The molecule has 0 bridgehead atoms. The summed E-state index contributed by atoms with van der Waals surface area (Å²) < 4.78 is 5.55. The molecule has 2 aliphatic carbocycles. The van der Waals surface area contributed by atoms with Gasteiger partial charge < -0.3 is 4.74 Å². The maximum atomic E-state index is 12.3. The molecule has 0 aromatic heterocycles. The summed E-state index contributed by atoms with van der Waals surface area (Å²) in [5.74, 6) is 0.612. The molecule has 0 spiro atoms. The van der Waals surface area contributed by atoms with Crippen LogP contribution in [0.15, 0.2) is 22.8 Å². The molecule has 0 radical (unpaired) electrons. The fraction of sp³-hybridized carbons (Fsp3) is 0.647. The molecule has 0 amide bonds. The molecule has 20 heavy (non-hydrogen) atoms. The minimum atomic E-state index is -0.230. The van der Waals surface area contributed by atoms with Crippen molar-refractivity contribution in [3.05, 3.63) is 22.8 Å². The van der Waals surface area contributed by atoms with Gasteiger partial charge in [-0.2, -0.15) is 0 Å². The van der Waals surface area contributed by atoms with Crippen LogP contribution < -0.4 is 0 Å². The third-order valence-corrected chi connectivity index (χ3v) is 4.49. The van der Waals surface area contributed by atoms with Crippen molar-refractivity contribution in [2.24, 2.45) is 17.8 Å². The van der Waals surface area contributed by atoms with E-state index in [2.05, 4.69) is 19.9 Å². The van der Waals surface area contributed by atoms with Gasteiger partial charge in [-0.3, -0.25) is 9.59 Å². The quantitative estimate of drug-likeness (QED) is 0.418. The molecule has 1 saturated carbocycles. The number of Topliss-reactive ketones (excluding diaryl/α,β-unsaturated/α-hetero) is 1. The summed E-state index contributed by atoms with van der Waals surface area (Å²) in [6.07, 6.45) is 3.46. The van der Waals surface area contributed by atoms with Crippen LogP contribution in [0.3, 0.4) is 0 Å². The largest absolute Gasteiger partial charge is 0.462 e. The lowest BCUT2D eigenvalue weighted by Gasteiger charge is -2.44. The van der Waals surface area contributed by atoms with Crippen LogP contribution in [-0.2, 0) is 14.3 Å². The van der Waals surface area contributed by atoms with Gasteiger partial charge in [0.1, 0.15) is 6.10 Å². The van der Waals surface area contributed by atoms with Crippen LogP contribution in [0.5, 0.6) is 0 Å². The summed E-state index contributed by atoms with van der Waals surface area (Å²) in [5.41, 5.74) is 3.23. The molecule has 110 valence electrons. The second kappa shape index (κ2) is 5.55. The summed E-state index contributed by atoms with van der Waals surface area (Å²) in [7, 11) is 0. The van der Waals surface area contributed by atoms with Gasteiger partial charge in [0.2, 0.25) is 0 Å². The molecule has 0 saturated heterocycles. The van der Waals surface area contributed by atoms with E-state index in [1.165, 1.54) is 12.5 Å². The first-order valence-electron chi connectivity index (χ1n) is 7.36. The lowest BCUT2D eigenvalue weighted by Crippen LogP contribution is -2.44. The minimum Gasteiger partial charge on any atom is -0.462 e.